The fraction of sp³-hybridized carbons (Fsp3) is 0.316. The molecule has 1 amide bonds. The Hall–Kier alpha value is -2.93. The minimum Gasteiger partial charge on any atom is -0.336 e. The number of carbonyl (C=O) groups excluding carboxylic acids is 1. The predicted molar refractivity (Wildman–Crippen MR) is 97.8 cm³/mol. The maximum absolute atomic E-state index is 13.0. The second-order valence-electron chi connectivity index (χ2n) is 6.51. The summed E-state index contributed by atoms with van der Waals surface area (Å²) in [5.74, 6) is 1.01. The molecular weight excluding hydrogens is 328 g/mol. The maximum atomic E-state index is 13.0. The molecule has 1 atom stereocenters. The number of nitrogens with zero attached hydrogens (tertiary/aromatic N) is 5. The Kier molecular flexibility index (Phi) is 4.53. The number of benzene rings is 1. The first-order chi connectivity index (χ1) is 12.7. The topological polar surface area (TPSA) is 68.0 Å². The Morgan fingerprint density at radius 3 is 2.92 bits per heavy atom. The highest BCUT2D eigenvalue weighted by Gasteiger charge is 2.30. The number of rotatable bonds is 4. The number of nitrogens with one attached hydrogen (secondary N) is 1. The summed E-state index contributed by atoms with van der Waals surface area (Å²) < 4.78 is 3.78. The molecule has 0 bridgehead atoms. The summed E-state index contributed by atoms with van der Waals surface area (Å²) in [6.07, 6.45) is 7.72. The Morgan fingerprint density at radius 1 is 1.31 bits per heavy atom. The molecule has 7 heteroatoms. The van der Waals surface area contributed by atoms with E-state index in [0.717, 1.165) is 30.2 Å². The molecule has 0 radical (unpaired) electrons. The normalized spacial score (nSPS) is 17.4. The number of para-hydroxylation sites is 1. The van der Waals surface area contributed by atoms with Crippen LogP contribution in [0.3, 0.4) is 0 Å². The van der Waals surface area contributed by atoms with Crippen LogP contribution < -0.4 is 5.32 Å². The van der Waals surface area contributed by atoms with Gasteiger partial charge in [0.2, 0.25) is 5.91 Å². The van der Waals surface area contributed by atoms with Crippen molar-refractivity contribution in [2.45, 2.75) is 12.5 Å². The van der Waals surface area contributed by atoms with Crippen LogP contribution in [0.2, 0.25) is 0 Å². The van der Waals surface area contributed by atoms with E-state index < -0.39 is 0 Å². The molecule has 0 aliphatic carbocycles. The third kappa shape index (κ3) is 3.25. The number of imidazole rings is 1. The number of piperazine rings is 1. The summed E-state index contributed by atoms with van der Waals surface area (Å²) >= 11 is 0. The number of amides is 1. The van der Waals surface area contributed by atoms with Crippen molar-refractivity contribution in [2.24, 2.45) is 7.05 Å². The van der Waals surface area contributed by atoms with Crippen molar-refractivity contribution >= 4 is 5.91 Å². The molecule has 1 aliphatic heterocycles. The van der Waals surface area contributed by atoms with Crippen LogP contribution in [0, 0.1) is 0 Å². The van der Waals surface area contributed by atoms with E-state index in [1.807, 2.05) is 59.2 Å². The van der Waals surface area contributed by atoms with Gasteiger partial charge in [0.1, 0.15) is 11.9 Å². The van der Waals surface area contributed by atoms with Crippen LogP contribution >= 0.6 is 0 Å². The monoisotopic (exact) mass is 350 g/mol. The molecule has 0 spiro atoms. The van der Waals surface area contributed by atoms with Gasteiger partial charge in [0.05, 0.1) is 18.3 Å². The maximum Gasteiger partial charge on any atom is 0.227 e. The van der Waals surface area contributed by atoms with Crippen molar-refractivity contribution in [3.63, 3.8) is 0 Å². The third-order valence-electron chi connectivity index (χ3n) is 4.73. The van der Waals surface area contributed by atoms with E-state index >= 15 is 0 Å². The Balaban J connectivity index is 1.50. The molecule has 1 aromatic carbocycles. The zero-order valence-electron chi connectivity index (χ0n) is 14.7. The van der Waals surface area contributed by atoms with Crippen molar-refractivity contribution in [3.05, 3.63) is 66.5 Å². The number of aryl methyl sites for hydroxylation is 1. The van der Waals surface area contributed by atoms with Gasteiger partial charge in [-0.3, -0.25) is 4.79 Å². The molecule has 1 unspecified atom stereocenters. The van der Waals surface area contributed by atoms with Crippen LogP contribution in [-0.2, 0) is 18.3 Å². The van der Waals surface area contributed by atoms with Crippen molar-refractivity contribution in [1.82, 2.24) is 29.5 Å². The summed E-state index contributed by atoms with van der Waals surface area (Å²) in [7, 11) is 1.96. The molecule has 134 valence electrons. The van der Waals surface area contributed by atoms with Gasteiger partial charge < -0.3 is 14.8 Å². The quantitative estimate of drug-likeness (QED) is 0.771. The summed E-state index contributed by atoms with van der Waals surface area (Å²) in [5.41, 5.74) is 1.90. The molecule has 1 N–H and O–H groups in total. The average molecular weight is 350 g/mol. The van der Waals surface area contributed by atoms with Gasteiger partial charge >= 0.3 is 0 Å². The molecule has 0 saturated carbocycles. The van der Waals surface area contributed by atoms with Crippen LogP contribution in [0.4, 0.5) is 0 Å². The zero-order valence-corrected chi connectivity index (χ0v) is 14.7. The Bertz CT molecular complexity index is 884. The van der Waals surface area contributed by atoms with Gasteiger partial charge in [-0.25, -0.2) is 9.67 Å². The highest BCUT2D eigenvalue weighted by Crippen LogP contribution is 2.21. The van der Waals surface area contributed by atoms with E-state index in [4.69, 9.17) is 0 Å². The third-order valence-corrected chi connectivity index (χ3v) is 4.73. The molecule has 1 aliphatic rings. The summed E-state index contributed by atoms with van der Waals surface area (Å²) in [5, 5.41) is 7.75. The van der Waals surface area contributed by atoms with E-state index in [1.165, 1.54) is 0 Å². The second kappa shape index (κ2) is 7.13. The molecular formula is C19H22N6O. The summed E-state index contributed by atoms with van der Waals surface area (Å²) in [4.78, 5) is 19.3. The van der Waals surface area contributed by atoms with Crippen LogP contribution in [0.25, 0.3) is 5.69 Å². The molecule has 26 heavy (non-hydrogen) atoms. The van der Waals surface area contributed by atoms with Crippen LogP contribution in [0.5, 0.6) is 0 Å². The molecule has 7 nitrogen and oxygen atoms in total. The standard InChI is InChI=1S/C19H22N6O/c1-23-9-8-21-19(23)17-13-20-7-10-24(17)18(26)11-15-12-22-25(14-15)16-5-3-2-4-6-16/h2-6,8-9,12,14,17,20H,7,10-11,13H2,1H3. The fourth-order valence-corrected chi connectivity index (χ4v) is 3.38. The van der Waals surface area contributed by atoms with Crippen molar-refractivity contribution < 1.29 is 4.79 Å². The van der Waals surface area contributed by atoms with E-state index in [1.54, 1.807) is 17.1 Å². The SMILES string of the molecule is Cn1ccnc1C1CNCCN1C(=O)Cc1cnn(-c2ccccc2)c1. The van der Waals surface area contributed by atoms with Crippen LogP contribution in [-0.4, -0.2) is 49.8 Å². The van der Waals surface area contributed by atoms with E-state index in [2.05, 4.69) is 15.4 Å². The first-order valence-corrected chi connectivity index (χ1v) is 8.79. The summed E-state index contributed by atoms with van der Waals surface area (Å²) in [6, 6.07) is 9.86. The minimum absolute atomic E-state index is 0.0413. The second-order valence-corrected chi connectivity index (χ2v) is 6.51. The van der Waals surface area contributed by atoms with Crippen LogP contribution in [0.1, 0.15) is 17.4 Å². The molecule has 3 heterocycles. The largest absolute Gasteiger partial charge is 0.336 e. The van der Waals surface area contributed by atoms with Crippen molar-refractivity contribution in [3.8, 4) is 5.69 Å². The van der Waals surface area contributed by atoms with E-state index in [0.29, 0.717) is 13.0 Å². The van der Waals surface area contributed by atoms with Gasteiger partial charge in [0.25, 0.3) is 0 Å². The first kappa shape index (κ1) is 16.5. The molecule has 1 saturated heterocycles. The van der Waals surface area contributed by atoms with Crippen LogP contribution in [0.15, 0.2) is 55.1 Å². The van der Waals surface area contributed by atoms with Gasteiger partial charge in [-0.2, -0.15) is 5.10 Å². The lowest BCUT2D eigenvalue weighted by atomic mass is 10.1. The van der Waals surface area contributed by atoms with Crippen molar-refractivity contribution in [2.75, 3.05) is 19.6 Å². The number of carbonyl (C=O) groups is 1. The van der Waals surface area contributed by atoms with Gasteiger partial charge in [0, 0.05) is 45.3 Å². The lowest BCUT2D eigenvalue weighted by Gasteiger charge is -2.35. The number of hydrogen-bond donors (Lipinski definition) is 1. The molecule has 4 rings (SSSR count). The Labute approximate surface area is 152 Å². The zero-order chi connectivity index (χ0) is 17.9. The summed E-state index contributed by atoms with van der Waals surface area (Å²) in [6.45, 7) is 2.21. The number of aromatic nitrogens is 4. The molecule has 3 aromatic rings. The minimum atomic E-state index is -0.0413. The van der Waals surface area contributed by atoms with Gasteiger partial charge in [-0.15, -0.1) is 0 Å². The van der Waals surface area contributed by atoms with Crippen molar-refractivity contribution in [1.29, 1.82) is 0 Å². The van der Waals surface area contributed by atoms with Gasteiger partial charge in [0.15, 0.2) is 0 Å². The van der Waals surface area contributed by atoms with Gasteiger partial charge in [-0.1, -0.05) is 18.2 Å². The van der Waals surface area contributed by atoms with E-state index in [9.17, 15) is 4.79 Å². The Morgan fingerprint density at radius 2 is 2.15 bits per heavy atom. The smallest absolute Gasteiger partial charge is 0.227 e. The highest BCUT2D eigenvalue weighted by atomic mass is 16.2. The average Bonchev–Trinajstić information content (AvgIpc) is 3.31. The lowest BCUT2D eigenvalue weighted by molar-refractivity contribution is -0.134. The fourth-order valence-electron chi connectivity index (χ4n) is 3.38. The predicted octanol–water partition coefficient (Wildman–Crippen LogP) is 1.32. The molecule has 2 aromatic heterocycles. The van der Waals surface area contributed by atoms with Gasteiger partial charge in [-0.05, 0) is 17.7 Å². The first-order valence-electron chi connectivity index (χ1n) is 8.79. The highest BCUT2D eigenvalue weighted by molar-refractivity contribution is 5.79. The lowest BCUT2D eigenvalue weighted by Crippen LogP contribution is -2.49. The molecule has 1 fully saturated rings. The number of hydrogen-bond acceptors (Lipinski definition) is 4. The van der Waals surface area contributed by atoms with E-state index in [-0.39, 0.29) is 11.9 Å².